The fraction of sp³-hybridized carbons (Fsp3) is 0.333. The summed E-state index contributed by atoms with van der Waals surface area (Å²) in [6, 6.07) is 0. The van der Waals surface area contributed by atoms with Crippen LogP contribution in [0.4, 0.5) is 4.39 Å². The van der Waals surface area contributed by atoms with Gasteiger partial charge in [0.15, 0.2) is 0 Å². The van der Waals surface area contributed by atoms with E-state index < -0.39 is 0 Å². The molecule has 0 saturated carbocycles. The maximum Gasteiger partial charge on any atom is 0.114 e. The molecule has 1 aliphatic heterocycles. The number of hydrogen-bond acceptors (Lipinski definition) is 0. The highest BCUT2D eigenvalue weighted by Gasteiger charge is 1.92. The molecular formula is C6H8FP. The molecule has 0 saturated heterocycles. The first kappa shape index (κ1) is 5.97. The topological polar surface area (TPSA) is 0 Å². The molecule has 0 fully saturated rings. The van der Waals surface area contributed by atoms with Crippen molar-refractivity contribution in [1.29, 1.82) is 0 Å². The summed E-state index contributed by atoms with van der Waals surface area (Å²) in [4.78, 5) is 0. The molecule has 1 aliphatic rings. The van der Waals surface area contributed by atoms with E-state index in [1.807, 2.05) is 18.0 Å². The zero-order chi connectivity index (χ0) is 5.82. The molecule has 8 heavy (non-hydrogen) atoms. The van der Waals surface area contributed by atoms with Crippen molar-refractivity contribution < 1.29 is 4.39 Å². The standard InChI is InChI=1S/C6H8FP/c7-5-6-1-3-8-4-2-6/h1-3,8H,4-5H2. The van der Waals surface area contributed by atoms with E-state index in [0.29, 0.717) is 0 Å². The number of allylic oxidation sites excluding steroid dienone is 3. The number of rotatable bonds is 1. The average Bonchev–Trinajstić information content (AvgIpc) is 1.90. The zero-order valence-corrected chi connectivity index (χ0v) is 5.52. The summed E-state index contributed by atoms with van der Waals surface area (Å²) in [6.07, 6.45) is 4.86. The molecule has 2 heteroatoms. The lowest BCUT2D eigenvalue weighted by Crippen LogP contribution is -1.84. The molecule has 0 spiro atoms. The lowest BCUT2D eigenvalue weighted by Gasteiger charge is -1.99. The summed E-state index contributed by atoms with van der Waals surface area (Å²) in [5.74, 6) is 2.04. The monoisotopic (exact) mass is 130 g/mol. The van der Waals surface area contributed by atoms with Gasteiger partial charge >= 0.3 is 0 Å². The maximum atomic E-state index is 11.8. The van der Waals surface area contributed by atoms with E-state index in [1.54, 1.807) is 0 Å². The van der Waals surface area contributed by atoms with Crippen LogP contribution in [-0.4, -0.2) is 12.8 Å². The average molecular weight is 130 g/mol. The SMILES string of the molecule is FCC1=CCPC=C1. The third kappa shape index (κ3) is 1.41. The molecule has 1 unspecified atom stereocenters. The molecule has 1 heterocycles. The zero-order valence-electron chi connectivity index (χ0n) is 4.52. The Labute approximate surface area is 50.3 Å². The van der Waals surface area contributed by atoms with Gasteiger partial charge in [0.1, 0.15) is 6.67 Å². The van der Waals surface area contributed by atoms with E-state index in [1.165, 1.54) is 0 Å². The van der Waals surface area contributed by atoms with Gasteiger partial charge in [0, 0.05) is 0 Å². The molecule has 1 rings (SSSR count). The van der Waals surface area contributed by atoms with E-state index in [2.05, 4.69) is 0 Å². The fourth-order valence-corrected chi connectivity index (χ4v) is 1.44. The van der Waals surface area contributed by atoms with Crippen molar-refractivity contribution in [1.82, 2.24) is 0 Å². The summed E-state index contributed by atoms with van der Waals surface area (Å²) < 4.78 is 11.8. The summed E-state index contributed by atoms with van der Waals surface area (Å²) >= 11 is 0. The molecule has 44 valence electrons. The molecule has 0 N–H and O–H groups in total. The van der Waals surface area contributed by atoms with Crippen LogP contribution in [0.15, 0.2) is 23.5 Å². The van der Waals surface area contributed by atoms with Gasteiger partial charge in [-0.15, -0.1) is 0 Å². The summed E-state index contributed by atoms with van der Waals surface area (Å²) in [5.41, 5.74) is 0.837. The molecule has 0 nitrogen and oxygen atoms in total. The molecule has 0 bridgehead atoms. The van der Waals surface area contributed by atoms with Crippen molar-refractivity contribution in [3.05, 3.63) is 23.5 Å². The second-order valence-corrected chi connectivity index (χ2v) is 2.80. The molecule has 0 aromatic rings. The third-order valence-corrected chi connectivity index (χ3v) is 1.89. The minimum absolute atomic E-state index is 0.305. The smallest absolute Gasteiger partial charge is 0.114 e. The lowest BCUT2D eigenvalue weighted by molar-refractivity contribution is 0.549. The third-order valence-electron chi connectivity index (χ3n) is 1.05. The molecule has 0 aromatic carbocycles. The number of halogens is 1. The van der Waals surface area contributed by atoms with Gasteiger partial charge in [0.2, 0.25) is 0 Å². The number of hydrogen-bond donors (Lipinski definition) is 0. The molecule has 0 radical (unpaired) electrons. The van der Waals surface area contributed by atoms with Gasteiger partial charge in [-0.1, -0.05) is 26.5 Å². The van der Waals surface area contributed by atoms with Crippen LogP contribution in [-0.2, 0) is 0 Å². The first-order valence-corrected chi connectivity index (χ1v) is 3.87. The van der Waals surface area contributed by atoms with Gasteiger partial charge in [-0.05, 0) is 11.7 Å². The second-order valence-electron chi connectivity index (χ2n) is 1.65. The second kappa shape index (κ2) is 2.99. The van der Waals surface area contributed by atoms with Gasteiger partial charge in [0.05, 0.1) is 0 Å². The van der Waals surface area contributed by atoms with Crippen LogP contribution in [0.5, 0.6) is 0 Å². The van der Waals surface area contributed by atoms with Crippen molar-refractivity contribution >= 4 is 8.58 Å². The van der Waals surface area contributed by atoms with Crippen molar-refractivity contribution in [2.45, 2.75) is 0 Å². The number of alkyl halides is 1. The van der Waals surface area contributed by atoms with Gasteiger partial charge in [-0.2, -0.15) is 0 Å². The molecular weight excluding hydrogens is 122 g/mol. The first-order chi connectivity index (χ1) is 3.93. The van der Waals surface area contributed by atoms with E-state index in [9.17, 15) is 4.39 Å². The Morgan fingerprint density at radius 2 is 2.62 bits per heavy atom. The maximum absolute atomic E-state index is 11.8. The van der Waals surface area contributed by atoms with E-state index in [4.69, 9.17) is 0 Å². The largest absolute Gasteiger partial charge is 0.246 e. The van der Waals surface area contributed by atoms with Crippen molar-refractivity contribution in [3.8, 4) is 0 Å². The van der Waals surface area contributed by atoms with E-state index >= 15 is 0 Å². The Balaban J connectivity index is 2.51. The highest BCUT2D eigenvalue weighted by Crippen LogP contribution is 2.19. The van der Waals surface area contributed by atoms with Crippen molar-refractivity contribution in [2.24, 2.45) is 0 Å². The molecule has 0 aromatic heterocycles. The fourth-order valence-electron chi connectivity index (χ4n) is 0.591. The Hall–Kier alpha value is -0.160. The van der Waals surface area contributed by atoms with Crippen LogP contribution >= 0.6 is 8.58 Å². The van der Waals surface area contributed by atoms with Crippen molar-refractivity contribution in [3.63, 3.8) is 0 Å². The highest BCUT2D eigenvalue weighted by atomic mass is 31.1. The van der Waals surface area contributed by atoms with Crippen LogP contribution in [0.3, 0.4) is 0 Å². The van der Waals surface area contributed by atoms with Crippen LogP contribution in [0, 0.1) is 0 Å². The summed E-state index contributed by atoms with van der Waals surface area (Å²) in [6.45, 7) is -0.305. The van der Waals surface area contributed by atoms with Crippen LogP contribution in [0.2, 0.25) is 0 Å². The van der Waals surface area contributed by atoms with Crippen molar-refractivity contribution in [2.75, 3.05) is 12.8 Å². The van der Waals surface area contributed by atoms with Gasteiger partial charge in [-0.25, -0.2) is 4.39 Å². The highest BCUT2D eigenvalue weighted by molar-refractivity contribution is 7.41. The Bertz CT molecular complexity index is 126. The van der Waals surface area contributed by atoms with E-state index in [-0.39, 0.29) is 6.67 Å². The molecule has 0 aliphatic carbocycles. The predicted molar refractivity (Wildman–Crippen MR) is 36.4 cm³/mol. The molecule has 0 amide bonds. The Morgan fingerprint density at radius 3 is 3.00 bits per heavy atom. The minimum atomic E-state index is -0.305. The van der Waals surface area contributed by atoms with Gasteiger partial charge in [0.25, 0.3) is 0 Å². The predicted octanol–water partition coefficient (Wildman–Crippen LogP) is 2.09. The van der Waals surface area contributed by atoms with Crippen LogP contribution in [0.1, 0.15) is 0 Å². The summed E-state index contributed by atoms with van der Waals surface area (Å²) in [7, 11) is 0.867. The quantitative estimate of drug-likeness (QED) is 0.477. The van der Waals surface area contributed by atoms with Crippen LogP contribution in [0.25, 0.3) is 0 Å². The Morgan fingerprint density at radius 1 is 1.75 bits per heavy atom. The van der Waals surface area contributed by atoms with Crippen LogP contribution < -0.4 is 0 Å². The normalized spacial score (nSPS) is 21.4. The minimum Gasteiger partial charge on any atom is -0.246 e. The van der Waals surface area contributed by atoms with E-state index in [0.717, 1.165) is 20.3 Å². The summed E-state index contributed by atoms with van der Waals surface area (Å²) in [5, 5.41) is 0. The van der Waals surface area contributed by atoms with Gasteiger partial charge in [-0.3, -0.25) is 0 Å². The molecule has 1 atom stereocenters. The first-order valence-electron chi connectivity index (χ1n) is 2.58. The lowest BCUT2D eigenvalue weighted by atomic mass is 10.3. The van der Waals surface area contributed by atoms with Gasteiger partial charge < -0.3 is 0 Å². The Kier molecular flexibility index (Phi) is 2.23.